The topological polar surface area (TPSA) is 46.3 Å². The van der Waals surface area contributed by atoms with Gasteiger partial charge in [0.05, 0.1) is 5.41 Å². The molecule has 2 N–H and O–H groups in total. The summed E-state index contributed by atoms with van der Waals surface area (Å²) in [7, 11) is 0. The summed E-state index contributed by atoms with van der Waals surface area (Å²) >= 11 is 0. The Labute approximate surface area is 134 Å². The minimum Gasteiger partial charge on any atom is -0.342 e. The third-order valence-corrected chi connectivity index (χ3v) is 4.36. The normalized spacial score (nSPS) is 16.4. The molecule has 0 saturated carbocycles. The van der Waals surface area contributed by atoms with Crippen LogP contribution in [0.3, 0.4) is 0 Å². The van der Waals surface area contributed by atoms with E-state index in [0.717, 1.165) is 32.4 Å². The lowest BCUT2D eigenvalue weighted by molar-refractivity contribution is -0.141. The Kier molecular flexibility index (Phi) is 6.69. The fourth-order valence-electron chi connectivity index (χ4n) is 2.80. The van der Waals surface area contributed by atoms with Crippen LogP contribution in [-0.4, -0.2) is 30.4 Å². The Morgan fingerprint density at radius 3 is 2.33 bits per heavy atom. The zero-order valence-corrected chi connectivity index (χ0v) is 13.9. The average molecular weight is 311 g/mol. The number of nitrogens with two attached hydrogens (primary N) is 1. The molecule has 0 aromatic heterocycles. The quantitative estimate of drug-likeness (QED) is 0.929. The van der Waals surface area contributed by atoms with Crippen molar-refractivity contribution in [2.75, 3.05) is 19.6 Å². The first-order valence-corrected chi connectivity index (χ1v) is 7.56. The molecule has 1 saturated heterocycles. The maximum Gasteiger partial charge on any atom is 0.229 e. The van der Waals surface area contributed by atoms with Gasteiger partial charge in [-0.05, 0) is 44.6 Å². The van der Waals surface area contributed by atoms with E-state index in [9.17, 15) is 4.79 Å². The molecule has 0 atom stereocenters. The Bertz CT molecular complexity index is 439. The average Bonchev–Trinajstić information content (AvgIpc) is 2.48. The second-order valence-electron chi connectivity index (χ2n) is 6.51. The number of hydrogen-bond donors (Lipinski definition) is 1. The first-order chi connectivity index (χ1) is 9.53. The third-order valence-electron chi connectivity index (χ3n) is 4.36. The number of nitrogens with zero attached hydrogens (tertiary/aromatic N) is 1. The smallest absolute Gasteiger partial charge is 0.229 e. The molecule has 21 heavy (non-hydrogen) atoms. The largest absolute Gasteiger partial charge is 0.342 e. The SMILES string of the molecule is CC(C)(CN)C(=O)N1CCC(Cc2ccccc2)CC1.Cl. The molecule has 0 unspecified atom stereocenters. The van der Waals surface area contributed by atoms with Gasteiger partial charge in [-0.15, -0.1) is 12.4 Å². The number of hydrogen-bond acceptors (Lipinski definition) is 2. The molecular weight excluding hydrogens is 284 g/mol. The summed E-state index contributed by atoms with van der Waals surface area (Å²) in [6.07, 6.45) is 3.33. The lowest BCUT2D eigenvalue weighted by Crippen LogP contribution is -2.48. The monoisotopic (exact) mass is 310 g/mol. The maximum atomic E-state index is 12.4. The molecule has 118 valence electrons. The van der Waals surface area contributed by atoms with Gasteiger partial charge in [0, 0.05) is 19.6 Å². The molecule has 4 heteroatoms. The molecule has 0 bridgehead atoms. The summed E-state index contributed by atoms with van der Waals surface area (Å²) in [4.78, 5) is 14.4. The summed E-state index contributed by atoms with van der Waals surface area (Å²) < 4.78 is 0. The third kappa shape index (κ3) is 4.72. The van der Waals surface area contributed by atoms with Gasteiger partial charge in [0.25, 0.3) is 0 Å². The number of likely N-dealkylation sites (tertiary alicyclic amines) is 1. The number of benzene rings is 1. The van der Waals surface area contributed by atoms with Crippen molar-refractivity contribution in [3.8, 4) is 0 Å². The van der Waals surface area contributed by atoms with E-state index >= 15 is 0 Å². The second kappa shape index (κ2) is 7.81. The van der Waals surface area contributed by atoms with Crippen LogP contribution in [0, 0.1) is 11.3 Å². The number of carbonyl (C=O) groups is 1. The molecule has 1 aromatic carbocycles. The fraction of sp³-hybridized carbons (Fsp3) is 0.588. The molecular formula is C17H27ClN2O. The summed E-state index contributed by atoms with van der Waals surface area (Å²) in [6.45, 7) is 6.03. The Hall–Kier alpha value is -1.06. The van der Waals surface area contributed by atoms with Crippen LogP contribution >= 0.6 is 12.4 Å². The van der Waals surface area contributed by atoms with Gasteiger partial charge in [0.2, 0.25) is 5.91 Å². The molecule has 1 aromatic rings. The van der Waals surface area contributed by atoms with Crippen LogP contribution in [0.1, 0.15) is 32.3 Å². The highest BCUT2D eigenvalue weighted by Crippen LogP contribution is 2.25. The molecule has 0 aliphatic carbocycles. The zero-order valence-electron chi connectivity index (χ0n) is 13.0. The van der Waals surface area contributed by atoms with Gasteiger partial charge in [-0.1, -0.05) is 30.3 Å². The summed E-state index contributed by atoms with van der Waals surface area (Å²) in [5.74, 6) is 0.903. The van der Waals surface area contributed by atoms with Crippen molar-refractivity contribution in [2.24, 2.45) is 17.1 Å². The van der Waals surface area contributed by atoms with E-state index in [1.54, 1.807) is 0 Å². The predicted molar refractivity (Wildman–Crippen MR) is 89.5 cm³/mol. The van der Waals surface area contributed by atoms with E-state index < -0.39 is 5.41 Å². The van der Waals surface area contributed by atoms with Gasteiger partial charge in [-0.25, -0.2) is 0 Å². The van der Waals surface area contributed by atoms with Crippen LogP contribution in [0.2, 0.25) is 0 Å². The summed E-state index contributed by atoms with van der Waals surface area (Å²) in [5.41, 5.74) is 6.67. The van der Waals surface area contributed by atoms with E-state index in [1.165, 1.54) is 5.56 Å². The molecule has 1 aliphatic rings. The Morgan fingerprint density at radius 2 is 1.81 bits per heavy atom. The molecule has 1 amide bonds. The number of amides is 1. The van der Waals surface area contributed by atoms with Crippen molar-refractivity contribution in [3.63, 3.8) is 0 Å². The molecule has 1 heterocycles. The van der Waals surface area contributed by atoms with Crippen LogP contribution in [0.25, 0.3) is 0 Å². The van der Waals surface area contributed by atoms with Gasteiger partial charge < -0.3 is 10.6 Å². The fourth-order valence-corrected chi connectivity index (χ4v) is 2.80. The van der Waals surface area contributed by atoms with Crippen LogP contribution in [0.4, 0.5) is 0 Å². The maximum absolute atomic E-state index is 12.4. The molecule has 0 spiro atoms. The molecule has 1 aliphatic heterocycles. The van der Waals surface area contributed by atoms with Crippen molar-refractivity contribution in [1.29, 1.82) is 0 Å². The Morgan fingerprint density at radius 1 is 1.24 bits per heavy atom. The number of rotatable bonds is 4. The number of carbonyl (C=O) groups excluding carboxylic acids is 1. The summed E-state index contributed by atoms with van der Waals surface area (Å²) in [5, 5.41) is 0. The molecule has 3 nitrogen and oxygen atoms in total. The molecule has 2 rings (SSSR count). The first-order valence-electron chi connectivity index (χ1n) is 7.56. The first kappa shape index (κ1) is 18.0. The van der Waals surface area contributed by atoms with E-state index in [-0.39, 0.29) is 18.3 Å². The van der Waals surface area contributed by atoms with Crippen molar-refractivity contribution in [2.45, 2.75) is 33.1 Å². The standard InChI is InChI=1S/C17H26N2O.ClH/c1-17(2,13-18)16(20)19-10-8-15(9-11-19)12-14-6-4-3-5-7-14;/h3-7,15H,8-13,18H2,1-2H3;1H. The van der Waals surface area contributed by atoms with Crippen molar-refractivity contribution >= 4 is 18.3 Å². The van der Waals surface area contributed by atoms with Gasteiger partial charge in [-0.2, -0.15) is 0 Å². The minimum absolute atomic E-state index is 0. The van der Waals surface area contributed by atoms with Gasteiger partial charge in [0.1, 0.15) is 0 Å². The van der Waals surface area contributed by atoms with E-state index in [4.69, 9.17) is 5.73 Å². The van der Waals surface area contributed by atoms with Gasteiger partial charge in [0.15, 0.2) is 0 Å². The number of piperidine rings is 1. The second-order valence-corrected chi connectivity index (χ2v) is 6.51. The van der Waals surface area contributed by atoms with Crippen LogP contribution in [-0.2, 0) is 11.2 Å². The lowest BCUT2D eigenvalue weighted by Gasteiger charge is -2.36. The van der Waals surface area contributed by atoms with E-state index in [1.807, 2.05) is 18.7 Å². The highest BCUT2D eigenvalue weighted by Gasteiger charge is 2.32. The summed E-state index contributed by atoms with van der Waals surface area (Å²) in [6, 6.07) is 10.6. The zero-order chi connectivity index (χ0) is 14.6. The predicted octanol–water partition coefficient (Wildman–Crippen LogP) is 2.87. The van der Waals surface area contributed by atoms with Gasteiger partial charge >= 0.3 is 0 Å². The van der Waals surface area contributed by atoms with E-state index in [2.05, 4.69) is 30.3 Å². The van der Waals surface area contributed by atoms with E-state index in [0.29, 0.717) is 12.5 Å². The van der Waals surface area contributed by atoms with Crippen molar-refractivity contribution < 1.29 is 4.79 Å². The minimum atomic E-state index is -0.424. The van der Waals surface area contributed by atoms with Crippen LogP contribution in [0.15, 0.2) is 30.3 Å². The highest BCUT2D eigenvalue weighted by molar-refractivity contribution is 5.85. The Balaban J connectivity index is 0.00000220. The van der Waals surface area contributed by atoms with Crippen LogP contribution < -0.4 is 5.73 Å². The van der Waals surface area contributed by atoms with Crippen molar-refractivity contribution in [1.82, 2.24) is 4.90 Å². The van der Waals surface area contributed by atoms with Gasteiger partial charge in [-0.3, -0.25) is 4.79 Å². The number of halogens is 1. The molecule has 1 fully saturated rings. The van der Waals surface area contributed by atoms with Crippen LogP contribution in [0.5, 0.6) is 0 Å². The molecule has 0 radical (unpaired) electrons. The highest BCUT2D eigenvalue weighted by atomic mass is 35.5. The van der Waals surface area contributed by atoms with Crippen molar-refractivity contribution in [3.05, 3.63) is 35.9 Å². The lowest BCUT2D eigenvalue weighted by atomic mass is 9.87.